The van der Waals surface area contributed by atoms with Crippen molar-refractivity contribution in [1.29, 1.82) is 0 Å². The summed E-state index contributed by atoms with van der Waals surface area (Å²) in [6, 6.07) is 0. The molecule has 0 nitrogen and oxygen atoms in total. The topological polar surface area (TPSA) is 0 Å². The Balaban J connectivity index is 0.000001000. The molecule has 0 bridgehead atoms. The fourth-order valence-electron chi connectivity index (χ4n) is 1.35. The van der Waals surface area contributed by atoms with Gasteiger partial charge in [0.1, 0.15) is 0 Å². The zero-order valence-corrected chi connectivity index (χ0v) is 9.86. The van der Waals surface area contributed by atoms with Crippen LogP contribution in [0.5, 0.6) is 0 Å². The molecule has 1 aliphatic rings. The van der Waals surface area contributed by atoms with Gasteiger partial charge in [-0.15, -0.1) is 12.4 Å². The first-order chi connectivity index (χ1) is 4.55. The van der Waals surface area contributed by atoms with Gasteiger partial charge in [-0.25, -0.2) is 0 Å². The standard InChI is InChI=1S/C9H13.ClH.Ti/c1-6-5-7(2)9(4)8(6)3;;/h5H,1-4H3;1H;. The molecule has 0 unspecified atom stereocenters. The first kappa shape index (κ1) is 11.5. The zero-order valence-electron chi connectivity index (χ0n) is 7.49. The molecule has 0 aromatic heterocycles. The summed E-state index contributed by atoms with van der Waals surface area (Å²) in [5.41, 5.74) is 6.11. The molecule has 0 atom stereocenters. The fourth-order valence-corrected chi connectivity index (χ4v) is 2.03. The summed E-state index contributed by atoms with van der Waals surface area (Å²) in [5, 5.41) is 0. The van der Waals surface area contributed by atoms with Crippen molar-refractivity contribution in [2.45, 2.75) is 31.9 Å². The molecule has 2 heteroatoms. The van der Waals surface area contributed by atoms with E-state index in [1.54, 1.807) is 11.1 Å². The van der Waals surface area contributed by atoms with E-state index in [1.165, 1.54) is 11.1 Å². The Bertz CT molecular complexity index is 202. The Morgan fingerprint density at radius 1 is 0.909 bits per heavy atom. The van der Waals surface area contributed by atoms with Crippen molar-refractivity contribution in [3.63, 3.8) is 0 Å². The van der Waals surface area contributed by atoms with Crippen molar-refractivity contribution in [3.05, 3.63) is 22.3 Å². The van der Waals surface area contributed by atoms with Crippen LogP contribution >= 0.6 is 12.4 Å². The van der Waals surface area contributed by atoms with Gasteiger partial charge in [0, 0.05) is 0 Å². The second-order valence-corrected chi connectivity index (χ2v) is 3.95. The van der Waals surface area contributed by atoms with Crippen LogP contribution in [0.3, 0.4) is 0 Å². The Morgan fingerprint density at radius 2 is 1.18 bits per heavy atom. The third kappa shape index (κ3) is 1.80. The molecule has 0 amide bonds. The third-order valence-electron chi connectivity index (χ3n) is 2.61. The molecule has 1 aliphatic carbocycles. The van der Waals surface area contributed by atoms with Crippen molar-refractivity contribution in [2.24, 2.45) is 0 Å². The predicted molar refractivity (Wildman–Crippen MR) is 47.7 cm³/mol. The Morgan fingerprint density at radius 3 is 1.27 bits per heavy atom. The Labute approximate surface area is 87.0 Å². The molecule has 0 aromatic carbocycles. The quantitative estimate of drug-likeness (QED) is 0.532. The van der Waals surface area contributed by atoms with Crippen LogP contribution in [-0.4, -0.2) is 0 Å². The van der Waals surface area contributed by atoms with Gasteiger partial charge in [0.15, 0.2) is 0 Å². The maximum absolute atomic E-state index is 2.28. The van der Waals surface area contributed by atoms with Crippen LogP contribution in [0, 0.1) is 0 Å². The van der Waals surface area contributed by atoms with Crippen molar-refractivity contribution < 1.29 is 20.4 Å². The Kier molecular flexibility index (Phi) is 4.11. The smallest absolute Gasteiger partial charge is 0.147 e. The predicted octanol–water partition coefficient (Wildman–Crippen LogP) is 3.43. The number of hydrogen-bond donors (Lipinski definition) is 0. The maximum Gasteiger partial charge on any atom is -0.147 e. The van der Waals surface area contributed by atoms with Crippen LogP contribution in [0.1, 0.15) is 27.7 Å². The van der Waals surface area contributed by atoms with Crippen LogP contribution in [0.15, 0.2) is 22.3 Å². The fraction of sp³-hybridized carbons (Fsp3) is 0.556. The third-order valence-corrected chi connectivity index (χ3v) is 3.96. The minimum atomic E-state index is 0. The van der Waals surface area contributed by atoms with Gasteiger partial charge in [-0.05, 0) is 0 Å². The molecule has 0 spiro atoms. The van der Waals surface area contributed by atoms with Crippen LogP contribution in [-0.2, 0) is 20.4 Å². The van der Waals surface area contributed by atoms with E-state index in [1.807, 2.05) is 0 Å². The number of allylic oxidation sites excluding steroid dienone is 4. The molecule has 0 saturated carbocycles. The molecule has 0 radical (unpaired) electrons. The summed E-state index contributed by atoms with van der Waals surface area (Å²) < 4.78 is 0.694. The van der Waals surface area contributed by atoms with Gasteiger partial charge < -0.3 is 0 Å². The average molecular weight is 206 g/mol. The first-order valence-electron chi connectivity index (χ1n) is 3.62. The van der Waals surface area contributed by atoms with Gasteiger partial charge in [-0.3, -0.25) is 0 Å². The summed E-state index contributed by atoms with van der Waals surface area (Å²) in [5.74, 6) is 0. The van der Waals surface area contributed by atoms with Gasteiger partial charge in [-0.2, -0.15) is 0 Å². The van der Waals surface area contributed by atoms with Crippen molar-refractivity contribution in [2.75, 3.05) is 0 Å². The van der Waals surface area contributed by atoms with Crippen LogP contribution in [0.2, 0.25) is 4.22 Å². The minimum Gasteiger partial charge on any atom is -0.147 e. The molecule has 0 heterocycles. The van der Waals surface area contributed by atoms with Gasteiger partial charge >= 0.3 is 74.6 Å². The molecule has 0 aliphatic heterocycles. The summed E-state index contributed by atoms with van der Waals surface area (Å²) in [6.07, 6.45) is 0. The van der Waals surface area contributed by atoms with Crippen molar-refractivity contribution in [1.82, 2.24) is 0 Å². The molecule has 0 N–H and O–H groups in total. The molecular weight excluding hydrogens is 191 g/mol. The summed E-state index contributed by atoms with van der Waals surface area (Å²) in [6.45, 7) is 8.91. The van der Waals surface area contributed by atoms with E-state index >= 15 is 0 Å². The maximum atomic E-state index is 2.28. The molecule has 0 saturated heterocycles. The van der Waals surface area contributed by atoms with Gasteiger partial charge in [0.2, 0.25) is 0 Å². The number of rotatable bonds is 0. The molecular formula is C9H14ClTi. The molecule has 0 fully saturated rings. The summed E-state index contributed by atoms with van der Waals surface area (Å²) in [7, 11) is 0. The minimum absolute atomic E-state index is 0. The molecule has 61 valence electrons. The van der Waals surface area contributed by atoms with E-state index < -0.39 is 0 Å². The van der Waals surface area contributed by atoms with Gasteiger partial charge in [0.25, 0.3) is 0 Å². The van der Waals surface area contributed by atoms with Crippen molar-refractivity contribution >= 4 is 12.4 Å². The largest absolute Gasteiger partial charge is 0.147 e. The monoisotopic (exact) mass is 205 g/mol. The second kappa shape index (κ2) is 3.93. The van der Waals surface area contributed by atoms with Crippen LogP contribution in [0.4, 0.5) is 0 Å². The van der Waals surface area contributed by atoms with Gasteiger partial charge in [-0.1, -0.05) is 0 Å². The first-order valence-corrected chi connectivity index (χ1v) is 4.52. The SMILES string of the molecule is CC1=C(C)[CH]([Ti])C(C)=C1C.Cl. The van der Waals surface area contributed by atoms with E-state index in [0.717, 1.165) is 0 Å². The average Bonchev–Trinajstić information content (AvgIpc) is 2.07. The van der Waals surface area contributed by atoms with E-state index in [9.17, 15) is 0 Å². The summed E-state index contributed by atoms with van der Waals surface area (Å²) in [4.78, 5) is 0. The summed E-state index contributed by atoms with van der Waals surface area (Å²) >= 11 is 2.28. The zero-order chi connectivity index (χ0) is 7.89. The second-order valence-electron chi connectivity index (χ2n) is 3.05. The van der Waals surface area contributed by atoms with E-state index in [2.05, 4.69) is 48.1 Å². The van der Waals surface area contributed by atoms with Gasteiger partial charge in [0.05, 0.1) is 0 Å². The normalized spacial score (nSPS) is 19.2. The molecule has 11 heavy (non-hydrogen) atoms. The van der Waals surface area contributed by atoms with Crippen molar-refractivity contribution in [3.8, 4) is 0 Å². The number of hydrogen-bond acceptors (Lipinski definition) is 0. The molecule has 1 rings (SSSR count). The Hall–Kier alpha value is 0.484. The number of halogens is 1. The van der Waals surface area contributed by atoms with E-state index in [4.69, 9.17) is 0 Å². The van der Waals surface area contributed by atoms with E-state index in [0.29, 0.717) is 4.22 Å². The van der Waals surface area contributed by atoms with E-state index in [-0.39, 0.29) is 12.4 Å². The van der Waals surface area contributed by atoms with Crippen LogP contribution in [0.25, 0.3) is 0 Å². The molecule has 0 aromatic rings. The van der Waals surface area contributed by atoms with Crippen LogP contribution < -0.4 is 0 Å².